The molecule has 3 heterocycles. The van der Waals surface area contributed by atoms with E-state index in [9.17, 15) is 4.79 Å². The summed E-state index contributed by atoms with van der Waals surface area (Å²) in [6.45, 7) is 1.57. The van der Waals surface area contributed by atoms with E-state index in [0.29, 0.717) is 6.54 Å². The van der Waals surface area contributed by atoms with Crippen molar-refractivity contribution in [1.82, 2.24) is 15.3 Å². The molecule has 2 N–H and O–H groups in total. The SMILES string of the molecule is O=c1[nH]c2cccnc2c2c1CNCC2. The van der Waals surface area contributed by atoms with E-state index in [1.165, 1.54) is 0 Å². The molecule has 0 amide bonds. The molecule has 0 aromatic carbocycles. The van der Waals surface area contributed by atoms with E-state index in [0.717, 1.165) is 35.1 Å². The number of aromatic nitrogens is 2. The minimum atomic E-state index is 0.0118. The molecular formula is C11H11N3O. The van der Waals surface area contributed by atoms with Crippen LogP contribution in [-0.4, -0.2) is 16.5 Å². The smallest absolute Gasteiger partial charge is 0.253 e. The number of H-pyrrole nitrogens is 1. The Morgan fingerprint density at radius 1 is 1.33 bits per heavy atom. The van der Waals surface area contributed by atoms with Crippen molar-refractivity contribution in [3.63, 3.8) is 0 Å². The molecule has 1 aliphatic rings. The molecule has 0 atom stereocenters. The summed E-state index contributed by atoms with van der Waals surface area (Å²) in [6, 6.07) is 3.73. The summed E-state index contributed by atoms with van der Waals surface area (Å²) in [7, 11) is 0. The number of pyridine rings is 2. The summed E-state index contributed by atoms with van der Waals surface area (Å²) < 4.78 is 0. The second-order valence-corrected chi connectivity index (χ2v) is 3.74. The lowest BCUT2D eigenvalue weighted by Crippen LogP contribution is -2.30. The van der Waals surface area contributed by atoms with Gasteiger partial charge >= 0.3 is 0 Å². The summed E-state index contributed by atoms with van der Waals surface area (Å²) in [6.07, 6.45) is 2.65. The molecule has 0 bridgehead atoms. The molecule has 0 aliphatic carbocycles. The van der Waals surface area contributed by atoms with Crippen molar-refractivity contribution in [2.24, 2.45) is 0 Å². The van der Waals surface area contributed by atoms with Crippen LogP contribution in [0.3, 0.4) is 0 Å². The van der Waals surface area contributed by atoms with Gasteiger partial charge in [0.2, 0.25) is 0 Å². The van der Waals surface area contributed by atoms with Crippen LogP contribution in [0, 0.1) is 0 Å². The molecule has 4 nitrogen and oxygen atoms in total. The Hall–Kier alpha value is -1.68. The Bertz CT molecular complexity index is 574. The Morgan fingerprint density at radius 2 is 2.27 bits per heavy atom. The molecule has 4 heteroatoms. The fraction of sp³-hybridized carbons (Fsp3) is 0.273. The Balaban J connectivity index is 2.44. The first-order chi connectivity index (χ1) is 7.36. The number of hydrogen-bond acceptors (Lipinski definition) is 3. The lowest BCUT2D eigenvalue weighted by molar-refractivity contribution is 0.639. The Labute approximate surface area is 86.4 Å². The molecule has 0 fully saturated rings. The molecule has 2 aromatic rings. The number of hydrogen-bond donors (Lipinski definition) is 2. The van der Waals surface area contributed by atoms with E-state index < -0.39 is 0 Å². The van der Waals surface area contributed by atoms with Crippen LogP contribution in [0.15, 0.2) is 23.1 Å². The number of nitrogens with one attached hydrogen (secondary N) is 2. The maximum Gasteiger partial charge on any atom is 0.253 e. The molecule has 0 radical (unpaired) electrons. The first-order valence-corrected chi connectivity index (χ1v) is 5.06. The van der Waals surface area contributed by atoms with E-state index in [1.54, 1.807) is 6.20 Å². The van der Waals surface area contributed by atoms with E-state index in [1.807, 2.05) is 12.1 Å². The van der Waals surface area contributed by atoms with Crippen LogP contribution in [0.1, 0.15) is 11.1 Å². The predicted molar refractivity (Wildman–Crippen MR) is 57.8 cm³/mol. The average molecular weight is 201 g/mol. The zero-order valence-corrected chi connectivity index (χ0v) is 8.21. The maximum atomic E-state index is 11.8. The molecule has 0 saturated carbocycles. The van der Waals surface area contributed by atoms with Gasteiger partial charge in [0.15, 0.2) is 0 Å². The van der Waals surface area contributed by atoms with Crippen LogP contribution >= 0.6 is 0 Å². The number of nitrogens with zero attached hydrogens (tertiary/aromatic N) is 1. The highest BCUT2D eigenvalue weighted by Crippen LogP contribution is 2.17. The van der Waals surface area contributed by atoms with E-state index in [2.05, 4.69) is 15.3 Å². The van der Waals surface area contributed by atoms with Crippen LogP contribution in [0.5, 0.6) is 0 Å². The van der Waals surface area contributed by atoms with Gasteiger partial charge in [0.25, 0.3) is 5.56 Å². The third kappa shape index (κ3) is 1.26. The van der Waals surface area contributed by atoms with Gasteiger partial charge in [0.05, 0.1) is 11.0 Å². The van der Waals surface area contributed by atoms with Gasteiger partial charge in [-0.2, -0.15) is 0 Å². The molecule has 0 saturated heterocycles. The first-order valence-electron chi connectivity index (χ1n) is 5.06. The standard InChI is InChI=1S/C11H11N3O/c15-11-8-6-12-5-3-7(8)10-9(14-11)2-1-4-13-10/h1-2,4,12H,3,5-6H2,(H,14,15). The second-order valence-electron chi connectivity index (χ2n) is 3.74. The summed E-state index contributed by atoms with van der Waals surface area (Å²) in [4.78, 5) is 19.0. The summed E-state index contributed by atoms with van der Waals surface area (Å²) in [5, 5.41) is 3.20. The lowest BCUT2D eigenvalue weighted by atomic mass is 10.0. The third-order valence-electron chi connectivity index (χ3n) is 2.83. The van der Waals surface area contributed by atoms with Crippen LogP contribution in [0.4, 0.5) is 0 Å². The van der Waals surface area contributed by atoms with Crippen molar-refractivity contribution < 1.29 is 0 Å². The number of rotatable bonds is 0. The summed E-state index contributed by atoms with van der Waals surface area (Å²) in [5.74, 6) is 0. The summed E-state index contributed by atoms with van der Waals surface area (Å²) >= 11 is 0. The summed E-state index contributed by atoms with van der Waals surface area (Å²) in [5.41, 5.74) is 3.73. The molecule has 76 valence electrons. The van der Waals surface area contributed by atoms with Gasteiger partial charge in [0.1, 0.15) is 0 Å². The quantitative estimate of drug-likeness (QED) is 0.655. The van der Waals surface area contributed by atoms with Crippen LogP contribution in [0.2, 0.25) is 0 Å². The maximum absolute atomic E-state index is 11.8. The van der Waals surface area contributed by atoms with Crippen molar-refractivity contribution in [3.8, 4) is 0 Å². The fourth-order valence-electron chi connectivity index (χ4n) is 2.11. The average Bonchev–Trinajstić information content (AvgIpc) is 2.30. The molecule has 3 rings (SSSR count). The zero-order valence-electron chi connectivity index (χ0n) is 8.21. The number of fused-ring (bicyclic) bond motifs is 3. The molecule has 0 unspecified atom stereocenters. The highest BCUT2D eigenvalue weighted by molar-refractivity contribution is 5.78. The van der Waals surface area contributed by atoms with Gasteiger partial charge < -0.3 is 10.3 Å². The van der Waals surface area contributed by atoms with Crippen LogP contribution in [-0.2, 0) is 13.0 Å². The van der Waals surface area contributed by atoms with Crippen molar-refractivity contribution in [1.29, 1.82) is 0 Å². The Kier molecular flexibility index (Phi) is 1.82. The van der Waals surface area contributed by atoms with Crippen molar-refractivity contribution in [3.05, 3.63) is 39.8 Å². The second kappa shape index (κ2) is 3.17. The van der Waals surface area contributed by atoms with Gasteiger partial charge in [-0.3, -0.25) is 9.78 Å². The van der Waals surface area contributed by atoms with Crippen molar-refractivity contribution >= 4 is 11.0 Å². The minimum absolute atomic E-state index is 0.0118. The minimum Gasteiger partial charge on any atom is -0.320 e. The van der Waals surface area contributed by atoms with E-state index in [-0.39, 0.29) is 5.56 Å². The van der Waals surface area contributed by atoms with Gasteiger partial charge in [-0.15, -0.1) is 0 Å². The van der Waals surface area contributed by atoms with Crippen LogP contribution in [0.25, 0.3) is 11.0 Å². The van der Waals surface area contributed by atoms with Crippen molar-refractivity contribution in [2.45, 2.75) is 13.0 Å². The van der Waals surface area contributed by atoms with Crippen molar-refractivity contribution in [2.75, 3.05) is 6.54 Å². The van der Waals surface area contributed by atoms with Crippen LogP contribution < -0.4 is 10.9 Å². The zero-order chi connectivity index (χ0) is 10.3. The first kappa shape index (κ1) is 8.61. The van der Waals surface area contributed by atoms with Gasteiger partial charge in [-0.05, 0) is 30.7 Å². The monoisotopic (exact) mass is 201 g/mol. The molecular weight excluding hydrogens is 190 g/mol. The molecule has 15 heavy (non-hydrogen) atoms. The Morgan fingerprint density at radius 3 is 3.20 bits per heavy atom. The van der Waals surface area contributed by atoms with Gasteiger partial charge in [-0.25, -0.2) is 0 Å². The molecule has 2 aromatic heterocycles. The normalized spacial score (nSPS) is 15.2. The van der Waals surface area contributed by atoms with E-state index >= 15 is 0 Å². The van der Waals surface area contributed by atoms with Gasteiger partial charge in [0, 0.05) is 18.3 Å². The van der Waals surface area contributed by atoms with E-state index in [4.69, 9.17) is 0 Å². The predicted octanol–water partition coefficient (Wildman–Crippen LogP) is 0.569. The number of aromatic amines is 1. The third-order valence-corrected chi connectivity index (χ3v) is 2.83. The topological polar surface area (TPSA) is 57.8 Å². The fourth-order valence-corrected chi connectivity index (χ4v) is 2.11. The lowest BCUT2D eigenvalue weighted by Gasteiger charge is -2.17. The largest absolute Gasteiger partial charge is 0.320 e. The highest BCUT2D eigenvalue weighted by atomic mass is 16.1. The highest BCUT2D eigenvalue weighted by Gasteiger charge is 2.16. The molecule has 0 spiro atoms. The van der Waals surface area contributed by atoms with Gasteiger partial charge in [-0.1, -0.05) is 0 Å². The molecule has 1 aliphatic heterocycles.